The molecule has 1 rings (SSSR count). The number of nitrogens with zero attached hydrogens (tertiary/aromatic N) is 1. The van der Waals surface area contributed by atoms with E-state index in [1.54, 1.807) is 0 Å². The maximum Gasteiger partial charge on any atom is 0.416 e. The van der Waals surface area contributed by atoms with Crippen molar-refractivity contribution >= 4 is 11.8 Å². The van der Waals surface area contributed by atoms with Crippen LogP contribution in [0, 0.1) is 0 Å². The summed E-state index contributed by atoms with van der Waals surface area (Å²) in [6, 6.07) is 3.90. The molecule has 3 nitrogen and oxygen atoms in total. The monoisotopic (exact) mass is 219 g/mol. The number of carbonyl (C=O) groups is 1. The number of halogens is 3. The maximum absolute atomic E-state index is 12.1. The molecule has 0 fully saturated rings. The van der Waals surface area contributed by atoms with Crippen molar-refractivity contribution in [3.8, 4) is 0 Å². The molecule has 1 amide bonds. The fraction of sp³-hybridized carbons (Fsp3) is 0.222. The van der Waals surface area contributed by atoms with Gasteiger partial charge in [0, 0.05) is 12.7 Å². The molecular weight excluding hydrogens is 211 g/mol. The lowest BCUT2D eigenvalue weighted by Gasteiger charge is -2.14. The van der Waals surface area contributed by atoms with Crippen LogP contribution in [-0.4, -0.2) is 18.2 Å². The Labute approximate surface area is 83.7 Å². The second kappa shape index (κ2) is 3.80. The van der Waals surface area contributed by atoms with Crippen LogP contribution in [0.2, 0.25) is 0 Å². The van der Waals surface area contributed by atoms with E-state index >= 15 is 0 Å². The lowest BCUT2D eigenvalue weighted by molar-refractivity contribution is -0.137. The normalized spacial score (nSPS) is 11.2. The summed E-state index contributed by atoms with van der Waals surface area (Å²) in [5.74, 6) is 0. The third-order valence-electron chi connectivity index (χ3n) is 1.87. The first-order valence-electron chi connectivity index (χ1n) is 3.96. The first-order chi connectivity index (χ1) is 6.82. The van der Waals surface area contributed by atoms with Gasteiger partial charge in [-0.1, -0.05) is 0 Å². The van der Waals surface area contributed by atoms with Gasteiger partial charge in [-0.05, 0) is 24.3 Å². The molecule has 82 valence electrons. The lowest BCUT2D eigenvalue weighted by atomic mass is 10.2. The van der Waals surface area contributed by atoms with Crippen LogP contribution in [0.5, 0.6) is 0 Å². The first-order valence-corrected chi connectivity index (χ1v) is 3.96. The highest BCUT2D eigenvalue weighted by atomic mass is 19.4. The van der Waals surface area contributed by atoms with Gasteiger partial charge in [-0.2, -0.15) is 13.2 Å². The lowest BCUT2D eigenvalue weighted by Crippen LogP contribution is -2.23. The number of alkyl halides is 3. The minimum Gasteiger partial charge on any atom is -0.465 e. The molecule has 0 aromatic heterocycles. The molecule has 15 heavy (non-hydrogen) atoms. The summed E-state index contributed by atoms with van der Waals surface area (Å²) in [5.41, 5.74) is -0.611. The van der Waals surface area contributed by atoms with Gasteiger partial charge >= 0.3 is 12.3 Å². The van der Waals surface area contributed by atoms with Crippen molar-refractivity contribution in [1.29, 1.82) is 0 Å². The van der Waals surface area contributed by atoms with Gasteiger partial charge in [0.15, 0.2) is 0 Å². The molecule has 1 N–H and O–H groups in total. The van der Waals surface area contributed by atoms with Crippen molar-refractivity contribution in [3.63, 3.8) is 0 Å². The van der Waals surface area contributed by atoms with Crippen LogP contribution in [-0.2, 0) is 6.18 Å². The predicted octanol–water partition coefficient (Wildman–Crippen LogP) is 2.82. The van der Waals surface area contributed by atoms with Crippen LogP contribution in [0.25, 0.3) is 0 Å². The van der Waals surface area contributed by atoms with E-state index in [0.717, 1.165) is 29.2 Å². The molecular formula is C9H8F3NO2. The Morgan fingerprint density at radius 1 is 1.27 bits per heavy atom. The summed E-state index contributed by atoms with van der Waals surface area (Å²) in [6.45, 7) is 0. The molecule has 1 aromatic carbocycles. The molecule has 0 aliphatic rings. The van der Waals surface area contributed by atoms with Crippen molar-refractivity contribution in [3.05, 3.63) is 29.8 Å². The minimum absolute atomic E-state index is 0.190. The second-order valence-electron chi connectivity index (χ2n) is 2.89. The van der Waals surface area contributed by atoms with Gasteiger partial charge in [0.25, 0.3) is 0 Å². The molecule has 0 bridgehead atoms. The summed E-state index contributed by atoms with van der Waals surface area (Å²) < 4.78 is 36.4. The summed E-state index contributed by atoms with van der Waals surface area (Å²) in [4.78, 5) is 11.3. The molecule has 0 saturated carbocycles. The number of amides is 1. The van der Waals surface area contributed by atoms with Crippen LogP contribution in [0.4, 0.5) is 23.7 Å². The van der Waals surface area contributed by atoms with E-state index < -0.39 is 17.8 Å². The van der Waals surface area contributed by atoms with Crippen LogP contribution >= 0.6 is 0 Å². The van der Waals surface area contributed by atoms with Gasteiger partial charge < -0.3 is 5.11 Å². The highest BCUT2D eigenvalue weighted by Gasteiger charge is 2.30. The van der Waals surface area contributed by atoms with E-state index in [4.69, 9.17) is 5.11 Å². The maximum atomic E-state index is 12.1. The molecule has 0 spiro atoms. The third kappa shape index (κ3) is 2.61. The number of anilines is 1. The average Bonchev–Trinajstić information content (AvgIpc) is 2.15. The highest BCUT2D eigenvalue weighted by Crippen LogP contribution is 2.30. The number of benzene rings is 1. The standard InChI is InChI=1S/C9H8F3NO2/c1-13(8(14)15)7-4-2-6(3-5-7)9(10,11)12/h2-5H,1H3,(H,14,15). The Morgan fingerprint density at radius 3 is 2.07 bits per heavy atom. The van der Waals surface area contributed by atoms with E-state index in [1.165, 1.54) is 7.05 Å². The predicted molar refractivity (Wildman–Crippen MR) is 47.9 cm³/mol. The van der Waals surface area contributed by atoms with Gasteiger partial charge in [-0.15, -0.1) is 0 Å². The third-order valence-corrected chi connectivity index (χ3v) is 1.87. The quantitative estimate of drug-likeness (QED) is 0.788. The topological polar surface area (TPSA) is 40.5 Å². The molecule has 1 aromatic rings. The summed E-state index contributed by atoms with van der Waals surface area (Å²) in [7, 11) is 1.25. The fourth-order valence-corrected chi connectivity index (χ4v) is 0.984. The Kier molecular flexibility index (Phi) is 2.88. The van der Waals surface area contributed by atoms with Crippen molar-refractivity contribution in [2.45, 2.75) is 6.18 Å². The molecule has 6 heteroatoms. The van der Waals surface area contributed by atoms with E-state index in [0.29, 0.717) is 0 Å². The molecule has 0 saturated heterocycles. The zero-order valence-corrected chi connectivity index (χ0v) is 7.75. The van der Waals surface area contributed by atoms with E-state index in [9.17, 15) is 18.0 Å². The number of hydrogen-bond donors (Lipinski definition) is 1. The Hall–Kier alpha value is -1.72. The van der Waals surface area contributed by atoms with Crippen molar-refractivity contribution < 1.29 is 23.1 Å². The van der Waals surface area contributed by atoms with Gasteiger partial charge in [0.1, 0.15) is 0 Å². The van der Waals surface area contributed by atoms with Crippen molar-refractivity contribution in [2.75, 3.05) is 11.9 Å². The fourth-order valence-electron chi connectivity index (χ4n) is 0.984. The zero-order chi connectivity index (χ0) is 11.6. The first kappa shape index (κ1) is 11.4. The largest absolute Gasteiger partial charge is 0.465 e. The molecule has 0 unspecified atom stereocenters. The number of hydrogen-bond acceptors (Lipinski definition) is 1. The van der Waals surface area contributed by atoms with Crippen LogP contribution in [0.3, 0.4) is 0 Å². The van der Waals surface area contributed by atoms with Crippen molar-refractivity contribution in [1.82, 2.24) is 0 Å². The minimum atomic E-state index is -4.40. The van der Waals surface area contributed by atoms with Crippen molar-refractivity contribution in [2.24, 2.45) is 0 Å². The van der Waals surface area contributed by atoms with Gasteiger partial charge in [0.05, 0.1) is 5.56 Å². The van der Waals surface area contributed by atoms with Gasteiger partial charge in [-0.3, -0.25) is 4.90 Å². The molecule has 0 atom stereocenters. The van der Waals surface area contributed by atoms with Gasteiger partial charge in [0.2, 0.25) is 0 Å². The smallest absolute Gasteiger partial charge is 0.416 e. The number of carboxylic acid groups (broad SMARTS) is 1. The molecule has 0 heterocycles. The second-order valence-corrected chi connectivity index (χ2v) is 2.89. The SMILES string of the molecule is CN(C(=O)O)c1ccc(C(F)(F)F)cc1. The number of rotatable bonds is 1. The molecule has 0 aliphatic carbocycles. The van der Waals surface area contributed by atoms with E-state index in [-0.39, 0.29) is 5.69 Å². The van der Waals surface area contributed by atoms with E-state index in [2.05, 4.69) is 0 Å². The van der Waals surface area contributed by atoms with Crippen LogP contribution in [0.1, 0.15) is 5.56 Å². The van der Waals surface area contributed by atoms with E-state index in [1.807, 2.05) is 0 Å². The van der Waals surface area contributed by atoms with Gasteiger partial charge in [-0.25, -0.2) is 4.79 Å². The average molecular weight is 219 g/mol. The molecule has 0 aliphatic heterocycles. The van der Waals surface area contributed by atoms with Crippen LogP contribution < -0.4 is 4.90 Å². The Bertz CT molecular complexity index is 359. The Balaban J connectivity index is 2.95. The Morgan fingerprint density at radius 2 is 1.73 bits per heavy atom. The molecule has 0 radical (unpaired) electrons. The van der Waals surface area contributed by atoms with Crippen LogP contribution in [0.15, 0.2) is 24.3 Å². The summed E-state index contributed by atoms with van der Waals surface area (Å²) in [5, 5.41) is 8.57. The summed E-state index contributed by atoms with van der Waals surface area (Å²) >= 11 is 0. The highest BCUT2D eigenvalue weighted by molar-refractivity contribution is 5.85. The zero-order valence-electron chi connectivity index (χ0n) is 7.75. The summed E-state index contributed by atoms with van der Waals surface area (Å²) in [6.07, 6.45) is -5.63.